The lowest BCUT2D eigenvalue weighted by Gasteiger charge is -2.10. The first-order chi connectivity index (χ1) is 13.8. The fourth-order valence-corrected chi connectivity index (χ4v) is 3.53. The number of fused-ring (bicyclic) bond motifs is 1. The van der Waals surface area contributed by atoms with Crippen molar-refractivity contribution < 1.29 is 9.47 Å². The average molecular weight is 385 g/mol. The lowest BCUT2D eigenvalue weighted by Crippen LogP contribution is -1.98. The summed E-state index contributed by atoms with van der Waals surface area (Å²) in [6, 6.07) is 12.7. The van der Waals surface area contributed by atoms with Crippen LogP contribution < -0.4 is 9.47 Å². The van der Waals surface area contributed by atoms with Crippen LogP contribution in [0.15, 0.2) is 36.4 Å². The molecule has 0 saturated heterocycles. The van der Waals surface area contributed by atoms with E-state index in [-0.39, 0.29) is 0 Å². The maximum atomic E-state index is 5.96. The molecule has 28 heavy (non-hydrogen) atoms. The van der Waals surface area contributed by atoms with E-state index in [1.807, 2.05) is 0 Å². The fraction of sp³-hybridized carbons (Fsp3) is 0.615. The number of hydrogen-bond acceptors (Lipinski definition) is 2. The summed E-state index contributed by atoms with van der Waals surface area (Å²) in [6.45, 7) is 6.14. The highest BCUT2D eigenvalue weighted by Crippen LogP contribution is 2.25. The Morgan fingerprint density at radius 2 is 0.929 bits per heavy atom. The molecule has 156 valence electrons. The molecule has 0 bridgehead atoms. The first-order valence-corrected chi connectivity index (χ1v) is 11.6. The van der Waals surface area contributed by atoms with Gasteiger partial charge < -0.3 is 9.47 Å². The molecule has 0 spiro atoms. The highest BCUT2D eigenvalue weighted by atomic mass is 16.5. The van der Waals surface area contributed by atoms with Crippen LogP contribution in [0, 0.1) is 0 Å². The van der Waals surface area contributed by atoms with Gasteiger partial charge in [-0.1, -0.05) is 90.2 Å². The van der Waals surface area contributed by atoms with Crippen molar-refractivity contribution in [2.24, 2.45) is 0 Å². The largest absolute Gasteiger partial charge is 0.494 e. The van der Waals surface area contributed by atoms with Crippen LogP contribution in [0.3, 0.4) is 0 Å². The van der Waals surface area contributed by atoms with Crippen molar-refractivity contribution >= 4 is 10.8 Å². The highest BCUT2D eigenvalue weighted by Gasteiger charge is 2.01. The molecule has 0 radical (unpaired) electrons. The molecule has 2 heteroatoms. The molecule has 0 aliphatic rings. The zero-order chi connectivity index (χ0) is 19.9. The van der Waals surface area contributed by atoms with Gasteiger partial charge in [0.15, 0.2) is 0 Å². The second-order valence-electron chi connectivity index (χ2n) is 7.90. The fourth-order valence-electron chi connectivity index (χ4n) is 3.53. The molecule has 0 saturated carbocycles. The van der Waals surface area contributed by atoms with Crippen LogP contribution in [-0.4, -0.2) is 13.2 Å². The van der Waals surface area contributed by atoms with E-state index < -0.39 is 0 Å². The van der Waals surface area contributed by atoms with Gasteiger partial charge in [-0.15, -0.1) is 0 Å². The first kappa shape index (κ1) is 22.6. The van der Waals surface area contributed by atoms with Gasteiger partial charge in [-0.3, -0.25) is 0 Å². The first-order valence-electron chi connectivity index (χ1n) is 11.6. The minimum absolute atomic E-state index is 0.811. The van der Waals surface area contributed by atoms with E-state index in [9.17, 15) is 0 Å². The zero-order valence-corrected chi connectivity index (χ0v) is 18.2. The third-order valence-corrected chi connectivity index (χ3v) is 5.32. The van der Waals surface area contributed by atoms with E-state index in [1.165, 1.54) is 75.0 Å². The van der Waals surface area contributed by atoms with Crippen LogP contribution in [0.2, 0.25) is 0 Å². The molecule has 2 rings (SSSR count). The van der Waals surface area contributed by atoms with E-state index in [4.69, 9.17) is 9.47 Å². The van der Waals surface area contributed by atoms with E-state index in [0.717, 1.165) is 37.6 Å². The summed E-state index contributed by atoms with van der Waals surface area (Å²) in [7, 11) is 0. The predicted molar refractivity (Wildman–Crippen MR) is 122 cm³/mol. The van der Waals surface area contributed by atoms with Crippen molar-refractivity contribution in [2.45, 2.75) is 90.9 Å². The molecule has 0 N–H and O–H groups in total. The third-order valence-electron chi connectivity index (χ3n) is 5.32. The van der Waals surface area contributed by atoms with Crippen molar-refractivity contribution in [1.29, 1.82) is 0 Å². The lowest BCUT2D eigenvalue weighted by atomic mass is 10.1. The summed E-state index contributed by atoms with van der Waals surface area (Å²) < 4.78 is 11.9. The minimum atomic E-state index is 0.811. The number of unbranched alkanes of at least 4 members (excludes halogenated alkanes) is 10. The van der Waals surface area contributed by atoms with Gasteiger partial charge >= 0.3 is 0 Å². The van der Waals surface area contributed by atoms with Crippen LogP contribution in [-0.2, 0) is 0 Å². The Kier molecular flexibility index (Phi) is 11.6. The SMILES string of the molecule is CCCCCCCCOc1ccc2ccc(OCCCCCCCC)cc2c1. The van der Waals surface area contributed by atoms with Crippen molar-refractivity contribution in [1.82, 2.24) is 0 Å². The summed E-state index contributed by atoms with van der Waals surface area (Å²) in [4.78, 5) is 0. The van der Waals surface area contributed by atoms with Crippen molar-refractivity contribution in [3.05, 3.63) is 36.4 Å². The molecular weight excluding hydrogens is 344 g/mol. The molecule has 0 aliphatic carbocycles. The number of rotatable bonds is 16. The minimum Gasteiger partial charge on any atom is -0.494 e. The Morgan fingerprint density at radius 3 is 1.39 bits per heavy atom. The van der Waals surface area contributed by atoms with E-state index in [1.54, 1.807) is 0 Å². The van der Waals surface area contributed by atoms with Crippen LogP contribution >= 0.6 is 0 Å². The normalized spacial score (nSPS) is 11.1. The predicted octanol–water partition coefficient (Wildman–Crippen LogP) is 8.32. The van der Waals surface area contributed by atoms with Gasteiger partial charge in [0.05, 0.1) is 13.2 Å². The molecule has 2 aromatic carbocycles. The third kappa shape index (κ3) is 8.99. The van der Waals surface area contributed by atoms with Crippen LogP contribution in [0.25, 0.3) is 10.8 Å². The molecule has 0 atom stereocenters. The Labute approximate surface area is 172 Å². The van der Waals surface area contributed by atoms with E-state index in [0.29, 0.717) is 0 Å². The van der Waals surface area contributed by atoms with Gasteiger partial charge in [-0.2, -0.15) is 0 Å². The molecular formula is C26H40O2. The second kappa shape index (κ2) is 14.3. The Morgan fingerprint density at radius 1 is 0.500 bits per heavy atom. The molecule has 0 unspecified atom stereocenters. The quantitative estimate of drug-likeness (QED) is 0.271. The molecule has 2 nitrogen and oxygen atoms in total. The van der Waals surface area contributed by atoms with Crippen molar-refractivity contribution in [3.63, 3.8) is 0 Å². The van der Waals surface area contributed by atoms with Gasteiger partial charge in [-0.25, -0.2) is 0 Å². The number of benzene rings is 2. The standard InChI is InChI=1S/C26H40O2/c1-3-5-7-9-11-13-19-27-25-17-15-23-16-18-26(22-24(23)21-25)28-20-14-12-10-8-6-4-2/h15-18,21-22H,3-14,19-20H2,1-2H3. The van der Waals surface area contributed by atoms with Gasteiger partial charge in [0.2, 0.25) is 0 Å². The summed E-state index contributed by atoms with van der Waals surface area (Å²) >= 11 is 0. The smallest absolute Gasteiger partial charge is 0.119 e. The lowest BCUT2D eigenvalue weighted by molar-refractivity contribution is 0.304. The van der Waals surface area contributed by atoms with Crippen molar-refractivity contribution in [2.75, 3.05) is 13.2 Å². The average Bonchev–Trinajstić information content (AvgIpc) is 2.72. The summed E-state index contributed by atoms with van der Waals surface area (Å²) in [5.74, 6) is 1.93. The van der Waals surface area contributed by atoms with Crippen LogP contribution in [0.1, 0.15) is 90.9 Å². The number of ether oxygens (including phenoxy) is 2. The highest BCUT2D eigenvalue weighted by molar-refractivity contribution is 5.85. The molecule has 2 aromatic rings. The monoisotopic (exact) mass is 384 g/mol. The summed E-state index contributed by atoms with van der Waals surface area (Å²) in [5, 5.41) is 2.43. The second-order valence-corrected chi connectivity index (χ2v) is 7.90. The molecule has 0 heterocycles. The topological polar surface area (TPSA) is 18.5 Å². The van der Waals surface area contributed by atoms with Gasteiger partial charge in [-0.05, 0) is 47.9 Å². The Bertz CT molecular complexity index is 597. The van der Waals surface area contributed by atoms with Crippen LogP contribution in [0.5, 0.6) is 11.5 Å². The van der Waals surface area contributed by atoms with Gasteiger partial charge in [0.25, 0.3) is 0 Å². The summed E-state index contributed by atoms with van der Waals surface area (Å²) in [6.07, 6.45) is 15.5. The van der Waals surface area contributed by atoms with Gasteiger partial charge in [0, 0.05) is 0 Å². The molecule has 0 aliphatic heterocycles. The molecule has 0 amide bonds. The molecule has 0 fully saturated rings. The van der Waals surface area contributed by atoms with Crippen molar-refractivity contribution in [3.8, 4) is 11.5 Å². The van der Waals surface area contributed by atoms with Crippen LogP contribution in [0.4, 0.5) is 0 Å². The Hall–Kier alpha value is -1.70. The van der Waals surface area contributed by atoms with Gasteiger partial charge in [0.1, 0.15) is 11.5 Å². The summed E-state index contributed by atoms with van der Waals surface area (Å²) in [5.41, 5.74) is 0. The maximum absolute atomic E-state index is 5.96. The zero-order valence-electron chi connectivity index (χ0n) is 18.2. The number of hydrogen-bond donors (Lipinski definition) is 0. The maximum Gasteiger partial charge on any atom is 0.119 e. The van der Waals surface area contributed by atoms with E-state index in [2.05, 4.69) is 50.2 Å². The Balaban J connectivity index is 1.72. The van der Waals surface area contributed by atoms with E-state index >= 15 is 0 Å². The molecule has 0 aromatic heterocycles.